The summed E-state index contributed by atoms with van der Waals surface area (Å²) in [5.74, 6) is -2.71. The van der Waals surface area contributed by atoms with E-state index in [1.807, 2.05) is 0 Å². The fourth-order valence-corrected chi connectivity index (χ4v) is 5.01. The van der Waals surface area contributed by atoms with Crippen LogP contribution in [0.15, 0.2) is 48.5 Å². The van der Waals surface area contributed by atoms with E-state index in [1.54, 1.807) is 31.2 Å². The summed E-state index contributed by atoms with van der Waals surface area (Å²) < 4.78 is 25.7. The Morgan fingerprint density at radius 2 is 1.66 bits per heavy atom. The van der Waals surface area contributed by atoms with Gasteiger partial charge in [0, 0.05) is 33.2 Å². The molecule has 0 heterocycles. The van der Waals surface area contributed by atoms with E-state index < -0.39 is 46.0 Å². The Morgan fingerprint density at radius 3 is 2.29 bits per heavy atom. The Labute approximate surface area is 211 Å². The van der Waals surface area contributed by atoms with Crippen molar-refractivity contribution < 1.29 is 23.0 Å². The minimum absolute atomic E-state index is 0.0742. The molecule has 2 N–H and O–H groups in total. The highest BCUT2D eigenvalue weighted by Gasteiger charge is 2.30. The first-order valence-corrected chi connectivity index (χ1v) is 13.4. The summed E-state index contributed by atoms with van der Waals surface area (Å²) in [6, 6.07) is 10.8. The van der Waals surface area contributed by atoms with Crippen molar-refractivity contribution in [3.63, 3.8) is 0 Å². The van der Waals surface area contributed by atoms with E-state index in [9.17, 15) is 23.0 Å². The highest BCUT2D eigenvalue weighted by Crippen LogP contribution is 2.22. The van der Waals surface area contributed by atoms with E-state index in [4.69, 9.17) is 11.6 Å². The second-order valence-electron chi connectivity index (χ2n) is 8.54. The van der Waals surface area contributed by atoms with Crippen LogP contribution in [0.25, 0.3) is 0 Å². The van der Waals surface area contributed by atoms with Crippen molar-refractivity contribution in [2.24, 2.45) is 0 Å². The summed E-state index contributed by atoms with van der Waals surface area (Å²) in [5, 5.41) is 6.02. The van der Waals surface area contributed by atoms with Crippen LogP contribution in [-0.4, -0.2) is 45.5 Å². The molecule has 0 aliphatic heterocycles. The van der Waals surface area contributed by atoms with Gasteiger partial charge in [0.2, 0.25) is 17.7 Å². The number of carbonyl (C=O) groups is 3. The Kier molecular flexibility index (Phi) is 9.80. The number of rotatable bonds is 9. The molecule has 1 aliphatic rings. The molecule has 0 saturated heterocycles. The lowest BCUT2D eigenvalue weighted by atomic mass is 9.95. The molecule has 1 aliphatic carbocycles. The Hall–Kier alpha value is -2.78. The van der Waals surface area contributed by atoms with Crippen LogP contribution in [0, 0.1) is 5.82 Å². The quantitative estimate of drug-likeness (QED) is 0.520. The highest BCUT2D eigenvalue weighted by molar-refractivity contribution is 7.86. The molecule has 0 unspecified atom stereocenters. The molecule has 0 bridgehead atoms. The van der Waals surface area contributed by atoms with E-state index in [0.29, 0.717) is 16.4 Å². The van der Waals surface area contributed by atoms with Gasteiger partial charge >= 0.3 is 0 Å². The molecule has 2 atom stereocenters. The number of amides is 3. The van der Waals surface area contributed by atoms with Gasteiger partial charge in [-0.05, 0) is 68.3 Å². The lowest BCUT2D eigenvalue weighted by Crippen LogP contribution is -2.52. The second-order valence-corrected chi connectivity index (χ2v) is 10.4. The van der Waals surface area contributed by atoms with Crippen molar-refractivity contribution >= 4 is 51.5 Å². The first-order valence-electron chi connectivity index (χ1n) is 11.5. The lowest BCUT2D eigenvalue weighted by molar-refractivity contribution is -0.126. The second kappa shape index (κ2) is 12.8. The van der Waals surface area contributed by atoms with Gasteiger partial charge < -0.3 is 10.6 Å². The van der Waals surface area contributed by atoms with Gasteiger partial charge in [0.05, 0.1) is 0 Å². The van der Waals surface area contributed by atoms with Crippen molar-refractivity contribution in [1.82, 2.24) is 5.32 Å². The Balaban J connectivity index is 1.66. The molecule has 1 fully saturated rings. The molecule has 35 heavy (non-hydrogen) atoms. The van der Waals surface area contributed by atoms with Crippen LogP contribution in [0.2, 0.25) is 5.02 Å². The molecular formula is C25H29ClFN3O4S. The number of benzene rings is 2. The molecule has 10 heteroatoms. The topological polar surface area (TPSA) is 95.6 Å². The molecule has 0 radical (unpaired) electrons. The van der Waals surface area contributed by atoms with Crippen LogP contribution in [0.3, 0.4) is 0 Å². The summed E-state index contributed by atoms with van der Waals surface area (Å²) in [6.07, 6.45) is 5.06. The largest absolute Gasteiger partial charge is 0.352 e. The van der Waals surface area contributed by atoms with E-state index in [1.165, 1.54) is 29.2 Å². The summed E-state index contributed by atoms with van der Waals surface area (Å²) in [5.41, 5.74) is 0.800. The normalized spacial score (nSPS) is 15.6. The van der Waals surface area contributed by atoms with Crippen LogP contribution >= 0.6 is 11.6 Å². The van der Waals surface area contributed by atoms with Crippen LogP contribution < -0.4 is 15.5 Å². The van der Waals surface area contributed by atoms with Crippen LogP contribution in [0.5, 0.6) is 0 Å². The van der Waals surface area contributed by atoms with E-state index in [0.717, 1.165) is 32.1 Å². The van der Waals surface area contributed by atoms with Gasteiger partial charge in [0.1, 0.15) is 23.4 Å². The monoisotopic (exact) mass is 521 g/mol. The van der Waals surface area contributed by atoms with E-state index >= 15 is 0 Å². The minimum Gasteiger partial charge on any atom is -0.352 e. The van der Waals surface area contributed by atoms with Crippen molar-refractivity contribution in [2.45, 2.75) is 51.1 Å². The third-order valence-electron chi connectivity index (χ3n) is 5.80. The molecule has 7 nitrogen and oxygen atoms in total. The fourth-order valence-electron chi connectivity index (χ4n) is 4.01. The van der Waals surface area contributed by atoms with Gasteiger partial charge in [0.25, 0.3) is 0 Å². The number of nitrogens with zero attached hydrogens (tertiary/aromatic N) is 1. The number of nitrogens with one attached hydrogen (secondary N) is 2. The minimum atomic E-state index is -1.83. The zero-order valence-corrected chi connectivity index (χ0v) is 21.0. The highest BCUT2D eigenvalue weighted by atomic mass is 35.5. The van der Waals surface area contributed by atoms with Crippen molar-refractivity contribution in [3.05, 3.63) is 59.4 Å². The van der Waals surface area contributed by atoms with E-state index in [2.05, 4.69) is 10.6 Å². The summed E-state index contributed by atoms with van der Waals surface area (Å²) in [6.45, 7) is 1.62. The van der Waals surface area contributed by atoms with Gasteiger partial charge in [-0.2, -0.15) is 0 Å². The maximum atomic E-state index is 13.2. The zero-order valence-electron chi connectivity index (χ0n) is 19.5. The van der Waals surface area contributed by atoms with Crippen molar-refractivity contribution in [1.29, 1.82) is 0 Å². The molecule has 3 rings (SSSR count). The number of halogens is 2. The SMILES string of the molecule is C[C@@H](C(=O)NC1CCCCC1)N(C(=O)C[S@@](=O)CC(=O)Nc1ccc(F)cc1)c1ccc(Cl)cc1. The van der Waals surface area contributed by atoms with Crippen molar-refractivity contribution in [2.75, 3.05) is 21.7 Å². The third kappa shape index (κ3) is 8.14. The van der Waals surface area contributed by atoms with Gasteiger partial charge in [0.15, 0.2) is 0 Å². The molecule has 1 saturated carbocycles. The van der Waals surface area contributed by atoms with Gasteiger partial charge in [-0.1, -0.05) is 30.9 Å². The molecule has 3 amide bonds. The molecule has 2 aromatic carbocycles. The van der Waals surface area contributed by atoms with Gasteiger partial charge in [-0.3, -0.25) is 23.5 Å². The fraction of sp³-hybridized carbons (Fsp3) is 0.400. The predicted molar refractivity (Wildman–Crippen MR) is 136 cm³/mol. The van der Waals surface area contributed by atoms with Crippen LogP contribution in [0.1, 0.15) is 39.0 Å². The average molecular weight is 522 g/mol. The third-order valence-corrected chi connectivity index (χ3v) is 7.20. The van der Waals surface area contributed by atoms with E-state index in [-0.39, 0.29) is 11.9 Å². The number of hydrogen-bond acceptors (Lipinski definition) is 4. The Bertz CT molecular complexity index is 1060. The standard InChI is InChI=1S/C25H29ClFN3O4S/c1-17(25(33)29-20-5-3-2-4-6-20)30(22-13-7-18(26)8-14-22)24(32)16-35(34)15-23(31)28-21-11-9-19(27)10-12-21/h7-14,17,20H,2-6,15-16H2,1H3,(H,28,31)(H,29,33)/t17-,35-/m0/s1. The molecular weight excluding hydrogens is 493 g/mol. The number of hydrogen-bond donors (Lipinski definition) is 2. The number of anilines is 2. The summed E-state index contributed by atoms with van der Waals surface area (Å²) in [7, 11) is -1.83. The van der Waals surface area contributed by atoms with Gasteiger partial charge in [-0.15, -0.1) is 0 Å². The maximum absolute atomic E-state index is 13.2. The van der Waals surface area contributed by atoms with Gasteiger partial charge in [-0.25, -0.2) is 4.39 Å². The van der Waals surface area contributed by atoms with Crippen LogP contribution in [-0.2, 0) is 25.2 Å². The first-order chi connectivity index (χ1) is 16.7. The zero-order chi connectivity index (χ0) is 25.4. The first kappa shape index (κ1) is 26.8. The Morgan fingerprint density at radius 1 is 1.03 bits per heavy atom. The predicted octanol–water partition coefficient (Wildman–Crippen LogP) is 4.04. The average Bonchev–Trinajstić information content (AvgIpc) is 2.82. The van der Waals surface area contributed by atoms with Crippen LogP contribution in [0.4, 0.5) is 15.8 Å². The maximum Gasteiger partial charge on any atom is 0.243 e. The van der Waals surface area contributed by atoms with Crippen molar-refractivity contribution in [3.8, 4) is 0 Å². The summed E-state index contributed by atoms with van der Waals surface area (Å²) in [4.78, 5) is 39.7. The molecule has 2 aromatic rings. The summed E-state index contributed by atoms with van der Waals surface area (Å²) >= 11 is 5.99. The smallest absolute Gasteiger partial charge is 0.243 e. The number of carbonyl (C=O) groups excluding carboxylic acids is 3. The molecule has 188 valence electrons. The lowest BCUT2D eigenvalue weighted by Gasteiger charge is -2.31. The molecule has 0 spiro atoms. The molecule has 0 aromatic heterocycles.